The Morgan fingerprint density at radius 1 is 1.20 bits per heavy atom. The molecule has 1 aromatic heterocycles. The van der Waals surface area contributed by atoms with Gasteiger partial charge in [-0.2, -0.15) is 0 Å². The van der Waals surface area contributed by atoms with Gasteiger partial charge >= 0.3 is 0 Å². The van der Waals surface area contributed by atoms with Crippen molar-refractivity contribution in [2.45, 2.75) is 38.6 Å². The lowest BCUT2D eigenvalue weighted by Gasteiger charge is -2.32. The maximum Gasteiger partial charge on any atom is 0.205 e. The molecule has 15 heavy (non-hydrogen) atoms. The van der Waals surface area contributed by atoms with Crippen LogP contribution in [0.4, 0.5) is 5.95 Å². The predicted octanol–water partition coefficient (Wildman–Crippen LogP) is 2.28. The molecule has 0 atom stereocenters. The van der Waals surface area contributed by atoms with Gasteiger partial charge in [-0.15, -0.1) is 0 Å². The molecule has 3 heteroatoms. The molecule has 1 aliphatic carbocycles. The molecule has 3 rings (SSSR count). The van der Waals surface area contributed by atoms with E-state index in [9.17, 15) is 0 Å². The van der Waals surface area contributed by atoms with Gasteiger partial charge in [0.25, 0.3) is 0 Å². The monoisotopic (exact) mass is 205 g/mol. The zero-order valence-corrected chi connectivity index (χ0v) is 9.23. The van der Waals surface area contributed by atoms with E-state index in [4.69, 9.17) is 0 Å². The van der Waals surface area contributed by atoms with Crippen LogP contribution >= 0.6 is 0 Å². The average Bonchev–Trinajstić information content (AvgIpc) is 2.76. The number of nitrogens with zero attached hydrogens (tertiary/aromatic N) is 3. The number of imidazole rings is 1. The van der Waals surface area contributed by atoms with E-state index in [1.54, 1.807) is 0 Å². The van der Waals surface area contributed by atoms with Gasteiger partial charge < -0.3 is 9.47 Å². The van der Waals surface area contributed by atoms with Crippen LogP contribution in [-0.2, 0) is 6.54 Å². The maximum absolute atomic E-state index is 4.47. The van der Waals surface area contributed by atoms with Gasteiger partial charge in [0, 0.05) is 32.0 Å². The topological polar surface area (TPSA) is 21.1 Å². The lowest BCUT2D eigenvalue weighted by atomic mass is 10.1. The highest BCUT2D eigenvalue weighted by Gasteiger charge is 2.21. The van der Waals surface area contributed by atoms with Crippen LogP contribution in [0.5, 0.6) is 0 Å². The first-order valence-corrected chi connectivity index (χ1v) is 6.19. The Bertz CT molecular complexity index is 321. The fourth-order valence-electron chi connectivity index (χ4n) is 2.71. The van der Waals surface area contributed by atoms with E-state index < -0.39 is 0 Å². The average molecular weight is 205 g/mol. The number of hydrogen-bond acceptors (Lipinski definition) is 2. The lowest BCUT2D eigenvalue weighted by Crippen LogP contribution is -2.39. The lowest BCUT2D eigenvalue weighted by molar-refractivity contribution is 0.449. The summed E-state index contributed by atoms with van der Waals surface area (Å²) in [5.41, 5.74) is 0. The minimum Gasteiger partial charge on any atom is -0.342 e. The highest BCUT2D eigenvalue weighted by atomic mass is 15.3. The summed E-state index contributed by atoms with van der Waals surface area (Å²) in [5.74, 6) is 2.10. The quantitative estimate of drug-likeness (QED) is 0.755. The molecule has 0 N–H and O–H groups in total. The Balaban J connectivity index is 1.70. The van der Waals surface area contributed by atoms with Gasteiger partial charge in [0.05, 0.1) is 0 Å². The molecule has 2 heterocycles. The van der Waals surface area contributed by atoms with E-state index in [1.165, 1.54) is 57.7 Å². The van der Waals surface area contributed by atoms with Crippen LogP contribution in [0, 0.1) is 5.92 Å². The zero-order valence-electron chi connectivity index (χ0n) is 9.23. The first-order valence-electron chi connectivity index (χ1n) is 6.19. The van der Waals surface area contributed by atoms with Gasteiger partial charge in [0.2, 0.25) is 5.95 Å². The Hall–Kier alpha value is -0.990. The van der Waals surface area contributed by atoms with Crippen molar-refractivity contribution in [1.82, 2.24) is 9.55 Å². The Morgan fingerprint density at radius 2 is 2.00 bits per heavy atom. The largest absolute Gasteiger partial charge is 0.342 e. The van der Waals surface area contributed by atoms with Gasteiger partial charge in [-0.1, -0.05) is 12.8 Å². The van der Waals surface area contributed by atoms with Crippen LogP contribution in [0.2, 0.25) is 0 Å². The fraction of sp³-hybridized carbons (Fsp3) is 0.750. The molecule has 0 radical (unpaired) electrons. The van der Waals surface area contributed by atoms with Crippen molar-refractivity contribution in [3.05, 3.63) is 12.4 Å². The summed E-state index contributed by atoms with van der Waals surface area (Å²) in [6.45, 7) is 3.58. The first-order chi connectivity index (χ1) is 7.43. The molecule has 1 saturated heterocycles. The van der Waals surface area contributed by atoms with Crippen LogP contribution in [0.3, 0.4) is 0 Å². The summed E-state index contributed by atoms with van der Waals surface area (Å²) >= 11 is 0. The normalized spacial score (nSPS) is 22.0. The minimum atomic E-state index is 0.902. The fourth-order valence-corrected chi connectivity index (χ4v) is 2.71. The molecule has 1 aromatic rings. The molecule has 0 spiro atoms. The summed E-state index contributed by atoms with van der Waals surface area (Å²) in [4.78, 5) is 6.85. The van der Waals surface area contributed by atoms with E-state index in [1.807, 2.05) is 6.20 Å². The second-order valence-corrected chi connectivity index (χ2v) is 4.87. The standard InChI is InChI=1S/C12H19N3/c1-2-5-11(4-1)10-15-9-6-13-12(15)14-7-3-8-14/h6,9,11H,1-5,7-8,10H2. The van der Waals surface area contributed by atoms with Gasteiger partial charge in [-0.05, 0) is 25.2 Å². The molecule has 0 aromatic carbocycles. The summed E-state index contributed by atoms with van der Waals surface area (Å²) in [5, 5.41) is 0. The van der Waals surface area contributed by atoms with Crippen molar-refractivity contribution in [2.75, 3.05) is 18.0 Å². The van der Waals surface area contributed by atoms with Crippen LogP contribution < -0.4 is 4.90 Å². The molecule has 1 aliphatic heterocycles. The van der Waals surface area contributed by atoms with Crippen LogP contribution in [0.15, 0.2) is 12.4 Å². The van der Waals surface area contributed by atoms with Crippen molar-refractivity contribution >= 4 is 5.95 Å². The SMILES string of the molecule is c1cn(CC2CCCC2)c(N2CCC2)n1. The van der Waals surface area contributed by atoms with E-state index in [2.05, 4.69) is 20.6 Å². The second-order valence-electron chi connectivity index (χ2n) is 4.87. The Labute approximate surface area is 91.1 Å². The number of anilines is 1. The van der Waals surface area contributed by atoms with Gasteiger partial charge in [-0.3, -0.25) is 0 Å². The van der Waals surface area contributed by atoms with Crippen molar-refractivity contribution in [3.63, 3.8) is 0 Å². The Kier molecular flexibility index (Phi) is 2.39. The van der Waals surface area contributed by atoms with E-state index in [0.717, 1.165) is 5.92 Å². The molecule has 2 aliphatic rings. The molecule has 0 unspecified atom stereocenters. The van der Waals surface area contributed by atoms with Crippen molar-refractivity contribution in [2.24, 2.45) is 5.92 Å². The van der Waals surface area contributed by atoms with Crippen molar-refractivity contribution in [1.29, 1.82) is 0 Å². The van der Waals surface area contributed by atoms with Gasteiger partial charge in [0.15, 0.2) is 0 Å². The van der Waals surface area contributed by atoms with E-state index in [0.29, 0.717) is 0 Å². The number of rotatable bonds is 3. The van der Waals surface area contributed by atoms with E-state index >= 15 is 0 Å². The molecule has 2 fully saturated rings. The number of aromatic nitrogens is 2. The van der Waals surface area contributed by atoms with Gasteiger partial charge in [0.1, 0.15) is 0 Å². The molecule has 0 amide bonds. The number of hydrogen-bond donors (Lipinski definition) is 0. The molecule has 1 saturated carbocycles. The molecular weight excluding hydrogens is 186 g/mol. The molecule has 3 nitrogen and oxygen atoms in total. The van der Waals surface area contributed by atoms with Crippen molar-refractivity contribution < 1.29 is 0 Å². The third-order valence-electron chi connectivity index (χ3n) is 3.76. The molecular formula is C12H19N3. The predicted molar refractivity (Wildman–Crippen MR) is 61.0 cm³/mol. The molecule has 0 bridgehead atoms. The highest BCUT2D eigenvalue weighted by Crippen LogP contribution is 2.28. The maximum atomic E-state index is 4.47. The van der Waals surface area contributed by atoms with Gasteiger partial charge in [-0.25, -0.2) is 4.98 Å². The first kappa shape index (κ1) is 9.25. The van der Waals surface area contributed by atoms with E-state index in [-0.39, 0.29) is 0 Å². The summed E-state index contributed by atoms with van der Waals surface area (Å²) in [6.07, 6.45) is 11.1. The summed E-state index contributed by atoms with van der Waals surface area (Å²) < 4.78 is 2.36. The zero-order chi connectivity index (χ0) is 10.1. The summed E-state index contributed by atoms with van der Waals surface area (Å²) in [6, 6.07) is 0. The minimum absolute atomic E-state index is 0.902. The second kappa shape index (κ2) is 3.87. The van der Waals surface area contributed by atoms with Crippen molar-refractivity contribution in [3.8, 4) is 0 Å². The van der Waals surface area contributed by atoms with Crippen LogP contribution in [-0.4, -0.2) is 22.6 Å². The smallest absolute Gasteiger partial charge is 0.205 e. The Morgan fingerprint density at radius 3 is 2.67 bits per heavy atom. The third-order valence-corrected chi connectivity index (χ3v) is 3.76. The van der Waals surface area contributed by atoms with Crippen LogP contribution in [0.1, 0.15) is 32.1 Å². The molecule has 82 valence electrons. The highest BCUT2D eigenvalue weighted by molar-refractivity contribution is 5.34. The van der Waals surface area contributed by atoms with Crippen LogP contribution in [0.25, 0.3) is 0 Å². The summed E-state index contributed by atoms with van der Waals surface area (Å²) in [7, 11) is 0. The third kappa shape index (κ3) is 1.75.